The van der Waals surface area contributed by atoms with Gasteiger partial charge in [-0.1, -0.05) is 0 Å². The van der Waals surface area contributed by atoms with E-state index in [1.54, 1.807) is 0 Å². The standard InChI is InChI=1S/C24H12O6P2/c1-3-4-5-6-7-8-9-10-11-12-13-14-15-16-17-18-19-26-32-29-22-24(23-30-32)20-27-31(25-2)28-21-24/h1H,20-23H2,2H3. The lowest BCUT2D eigenvalue weighted by Crippen LogP contribution is -2.44. The van der Waals surface area contributed by atoms with Crippen LogP contribution < -0.4 is 0 Å². The fraction of sp³-hybridized carbons (Fsp3) is 0.250. The lowest BCUT2D eigenvalue weighted by Gasteiger charge is -2.40. The molecule has 0 amide bonds. The molecule has 0 saturated carbocycles. The van der Waals surface area contributed by atoms with E-state index >= 15 is 0 Å². The Labute approximate surface area is 190 Å². The SMILES string of the molecule is C#CC#CC#CC#CC#CC#CC#CC#CC#COP1OCC2(COP(OC)OC2)CO1. The zero-order valence-corrected chi connectivity index (χ0v) is 18.5. The summed E-state index contributed by atoms with van der Waals surface area (Å²) in [6.45, 7) is 1.63. The van der Waals surface area contributed by atoms with Crippen LogP contribution in [0.1, 0.15) is 0 Å². The number of hydrogen-bond donors (Lipinski definition) is 0. The highest BCUT2D eigenvalue weighted by atomic mass is 31.2. The van der Waals surface area contributed by atoms with E-state index in [1.807, 2.05) is 0 Å². The summed E-state index contributed by atoms with van der Waals surface area (Å²) in [6, 6.07) is 0. The van der Waals surface area contributed by atoms with Crippen LogP contribution in [-0.4, -0.2) is 33.5 Å². The van der Waals surface area contributed by atoms with Crippen molar-refractivity contribution in [2.75, 3.05) is 33.5 Å². The van der Waals surface area contributed by atoms with Crippen molar-refractivity contribution in [1.82, 2.24) is 0 Å². The summed E-state index contributed by atoms with van der Waals surface area (Å²) in [7, 11) is -1.30. The highest BCUT2D eigenvalue weighted by Gasteiger charge is 2.44. The molecule has 0 aliphatic carbocycles. The molecule has 6 nitrogen and oxygen atoms in total. The van der Waals surface area contributed by atoms with Gasteiger partial charge in [0.1, 0.15) is 6.11 Å². The van der Waals surface area contributed by atoms with E-state index in [4.69, 9.17) is 33.6 Å². The predicted octanol–water partition coefficient (Wildman–Crippen LogP) is 1.80. The number of rotatable bonds is 2. The lowest BCUT2D eigenvalue weighted by molar-refractivity contribution is -0.0711. The van der Waals surface area contributed by atoms with Gasteiger partial charge in [-0.15, -0.1) is 6.42 Å². The topological polar surface area (TPSA) is 55.4 Å². The van der Waals surface area contributed by atoms with Crippen molar-refractivity contribution < 1.29 is 27.1 Å². The molecule has 1 spiro atoms. The zero-order valence-electron chi connectivity index (χ0n) is 16.7. The average molecular weight is 458 g/mol. The molecule has 8 heteroatoms. The molecule has 0 aromatic heterocycles. The zero-order chi connectivity index (χ0) is 22.7. The summed E-state index contributed by atoms with van der Waals surface area (Å²) in [5.41, 5.74) is -0.355. The fourth-order valence-corrected chi connectivity index (χ4v) is 3.87. The average Bonchev–Trinajstić information content (AvgIpc) is 2.83. The Morgan fingerprint density at radius 2 is 0.969 bits per heavy atom. The van der Waals surface area contributed by atoms with Crippen molar-refractivity contribution in [2.45, 2.75) is 0 Å². The van der Waals surface area contributed by atoms with E-state index in [2.05, 4.69) is 101 Å². The van der Waals surface area contributed by atoms with Crippen LogP contribution >= 0.6 is 17.2 Å². The Morgan fingerprint density at radius 1 is 0.594 bits per heavy atom. The normalized spacial score (nSPS) is 21.6. The van der Waals surface area contributed by atoms with E-state index in [-0.39, 0.29) is 5.41 Å². The van der Waals surface area contributed by atoms with Gasteiger partial charge in [0.2, 0.25) is 0 Å². The second-order valence-electron chi connectivity index (χ2n) is 5.44. The van der Waals surface area contributed by atoms with Gasteiger partial charge in [0.15, 0.2) is 0 Å². The van der Waals surface area contributed by atoms with Gasteiger partial charge >= 0.3 is 17.2 Å². The first-order valence-electron chi connectivity index (χ1n) is 8.57. The monoisotopic (exact) mass is 458 g/mol. The van der Waals surface area contributed by atoms with Crippen LogP contribution in [-0.2, 0) is 27.1 Å². The maximum absolute atomic E-state index is 5.56. The van der Waals surface area contributed by atoms with E-state index in [9.17, 15) is 0 Å². The molecule has 2 heterocycles. The smallest absolute Gasteiger partial charge is 0.372 e. The third kappa shape index (κ3) is 10.0. The highest BCUT2D eigenvalue weighted by Crippen LogP contribution is 2.52. The van der Waals surface area contributed by atoms with Crippen molar-refractivity contribution >= 4 is 17.2 Å². The quantitative estimate of drug-likeness (QED) is 0.465. The van der Waals surface area contributed by atoms with Crippen molar-refractivity contribution in [2.24, 2.45) is 5.41 Å². The van der Waals surface area contributed by atoms with Gasteiger partial charge in [-0.3, -0.25) is 0 Å². The van der Waals surface area contributed by atoms with E-state index in [0.717, 1.165) is 0 Å². The Bertz CT molecular complexity index is 1220. The summed E-state index contributed by atoms with van der Waals surface area (Å²) >= 11 is 0. The minimum absolute atomic E-state index is 0.355. The molecule has 2 aliphatic heterocycles. The molecule has 2 fully saturated rings. The largest absolute Gasteiger partial charge is 0.406 e. The molecule has 0 radical (unpaired) electrons. The molecule has 0 atom stereocenters. The minimum atomic E-state index is -1.57. The van der Waals surface area contributed by atoms with Gasteiger partial charge in [0.05, 0.1) is 31.8 Å². The van der Waals surface area contributed by atoms with E-state index in [0.29, 0.717) is 26.4 Å². The van der Waals surface area contributed by atoms with Gasteiger partial charge in [-0.2, -0.15) is 0 Å². The third-order valence-corrected chi connectivity index (χ3v) is 5.07. The lowest BCUT2D eigenvalue weighted by atomic mass is 9.93. The molecule has 2 rings (SSSR count). The van der Waals surface area contributed by atoms with Gasteiger partial charge in [0.25, 0.3) is 0 Å². The van der Waals surface area contributed by atoms with Gasteiger partial charge in [-0.05, 0) is 47.4 Å². The second kappa shape index (κ2) is 15.3. The van der Waals surface area contributed by atoms with Crippen LogP contribution in [0.25, 0.3) is 0 Å². The van der Waals surface area contributed by atoms with Crippen LogP contribution in [0.3, 0.4) is 0 Å². The molecular formula is C24H12O6P2. The maximum Gasteiger partial charge on any atom is 0.406 e. The summed E-state index contributed by atoms with van der Waals surface area (Å²) in [5, 5.41) is 0. The first kappa shape index (κ1) is 24.8. The second-order valence-corrected chi connectivity index (χ2v) is 7.91. The van der Waals surface area contributed by atoms with Crippen LogP contribution in [0.15, 0.2) is 0 Å². The molecule has 154 valence electrons. The van der Waals surface area contributed by atoms with Crippen molar-refractivity contribution in [3.05, 3.63) is 0 Å². The van der Waals surface area contributed by atoms with E-state index < -0.39 is 17.2 Å². The molecule has 0 unspecified atom stereocenters. The Hall–Kier alpha value is -3.50. The first-order chi connectivity index (χ1) is 15.8. The van der Waals surface area contributed by atoms with Crippen LogP contribution in [0.4, 0.5) is 0 Å². The van der Waals surface area contributed by atoms with Crippen molar-refractivity contribution in [1.29, 1.82) is 0 Å². The van der Waals surface area contributed by atoms with Crippen LogP contribution in [0, 0.1) is 113 Å². The van der Waals surface area contributed by atoms with Crippen LogP contribution in [0.2, 0.25) is 0 Å². The van der Waals surface area contributed by atoms with Gasteiger partial charge in [0, 0.05) is 54.5 Å². The molecule has 0 bridgehead atoms. The Balaban J connectivity index is 1.66. The Kier molecular flexibility index (Phi) is 11.9. The molecule has 0 aromatic carbocycles. The molecule has 0 N–H and O–H groups in total. The maximum atomic E-state index is 5.56. The summed E-state index contributed by atoms with van der Waals surface area (Å²) in [4.78, 5) is 0. The van der Waals surface area contributed by atoms with Crippen molar-refractivity contribution in [3.8, 4) is 107 Å². The molecule has 0 aromatic rings. The molecule has 2 saturated heterocycles. The third-order valence-electron chi connectivity index (χ3n) is 3.17. The molecule has 32 heavy (non-hydrogen) atoms. The summed E-state index contributed by atoms with van der Waals surface area (Å²) in [6.07, 6.45) is 7.35. The number of hydrogen-bond acceptors (Lipinski definition) is 6. The molecule has 2 aliphatic rings. The van der Waals surface area contributed by atoms with E-state index in [1.165, 1.54) is 7.11 Å². The minimum Gasteiger partial charge on any atom is -0.372 e. The van der Waals surface area contributed by atoms with Gasteiger partial charge in [-0.25, -0.2) is 0 Å². The first-order valence-corrected chi connectivity index (χ1v) is 10.8. The molecular weight excluding hydrogens is 446 g/mol. The predicted molar refractivity (Wildman–Crippen MR) is 119 cm³/mol. The fourth-order valence-electron chi connectivity index (χ4n) is 1.77. The summed E-state index contributed by atoms with van der Waals surface area (Å²) < 4.78 is 32.3. The highest BCUT2D eigenvalue weighted by molar-refractivity contribution is 7.42. The van der Waals surface area contributed by atoms with Crippen LogP contribution in [0.5, 0.6) is 0 Å². The van der Waals surface area contributed by atoms with Gasteiger partial charge < -0.3 is 27.1 Å². The van der Waals surface area contributed by atoms with Crippen molar-refractivity contribution in [3.63, 3.8) is 0 Å². The Morgan fingerprint density at radius 3 is 1.38 bits per heavy atom. The summed E-state index contributed by atoms with van der Waals surface area (Å²) in [5.74, 6) is 39.3. The number of terminal acetylenes is 1.